The number of fused-ring (bicyclic) bond motifs is 6. The Kier molecular flexibility index (Phi) is 10.1. The minimum absolute atomic E-state index is 0.331. The van der Waals surface area contributed by atoms with Crippen LogP contribution in [0.25, 0.3) is 22.3 Å². The maximum absolute atomic E-state index is 14.6. The highest BCUT2D eigenvalue weighted by atomic mass is 16.6. The van der Waals surface area contributed by atoms with Crippen molar-refractivity contribution in [3.63, 3.8) is 0 Å². The van der Waals surface area contributed by atoms with E-state index in [1.807, 2.05) is 0 Å². The molecule has 0 radical (unpaired) electrons. The molecule has 0 amide bonds. The number of carbonyl (C=O) groups is 5. The molecule has 0 spiro atoms. The molecule has 5 atom stereocenters. The second-order valence-electron chi connectivity index (χ2n) is 14.7. The number of hydrogen-bond acceptors (Lipinski definition) is 26. The van der Waals surface area contributed by atoms with Crippen LogP contribution in [-0.2, 0) is 23.7 Å². The van der Waals surface area contributed by atoms with Crippen LogP contribution in [0.2, 0.25) is 0 Å². The summed E-state index contributed by atoms with van der Waals surface area (Å²) in [6, 6.07) is 2.15. The minimum atomic E-state index is -2.79. The molecule has 26 heteroatoms. The van der Waals surface area contributed by atoms with Crippen LogP contribution in [0.5, 0.6) is 86.2 Å². The maximum atomic E-state index is 14.6. The van der Waals surface area contributed by atoms with E-state index in [4.69, 9.17) is 23.7 Å². The first-order valence-corrected chi connectivity index (χ1v) is 18.6. The van der Waals surface area contributed by atoms with Crippen LogP contribution < -0.4 is 0 Å². The second-order valence-corrected chi connectivity index (χ2v) is 14.7. The number of esters is 5. The first-order chi connectivity index (χ1) is 31.5. The Bertz CT molecular complexity index is 3060. The number of phenolic OH excluding ortho intramolecular Hbond substituents is 15. The number of aromatic hydroxyl groups is 15. The van der Waals surface area contributed by atoms with Crippen molar-refractivity contribution >= 4 is 29.8 Å². The van der Waals surface area contributed by atoms with Gasteiger partial charge in [0.05, 0.1) is 27.8 Å². The molecular weight excluding hydrogens is 908 g/mol. The Balaban J connectivity index is 1.42. The molecule has 0 fully saturated rings. The Hall–Kier alpha value is -9.59. The van der Waals surface area contributed by atoms with Gasteiger partial charge in [0.15, 0.2) is 87.7 Å². The van der Waals surface area contributed by atoms with Gasteiger partial charge in [-0.25, -0.2) is 24.0 Å². The zero-order valence-corrected chi connectivity index (χ0v) is 32.7. The van der Waals surface area contributed by atoms with Gasteiger partial charge in [-0.15, -0.1) is 0 Å². The molecule has 348 valence electrons. The molecule has 9 rings (SSSR count). The first kappa shape index (κ1) is 44.0. The molecule has 16 N–H and O–H groups in total. The number of phenols is 15. The largest absolute Gasteiger partial charge is 0.504 e. The van der Waals surface area contributed by atoms with Gasteiger partial charge in [0.1, 0.15) is 12.7 Å². The molecule has 4 aliphatic rings. The van der Waals surface area contributed by atoms with Crippen LogP contribution in [0.15, 0.2) is 30.3 Å². The van der Waals surface area contributed by atoms with E-state index < -0.39 is 209 Å². The average molecular weight is 937 g/mol. The molecule has 67 heavy (non-hydrogen) atoms. The van der Waals surface area contributed by atoms with Crippen LogP contribution in [-0.4, -0.2) is 143 Å². The fraction of sp³-hybridized carbons (Fsp3) is 0.146. The van der Waals surface area contributed by atoms with E-state index in [0.29, 0.717) is 30.3 Å². The third-order valence-corrected chi connectivity index (χ3v) is 10.9. The summed E-state index contributed by atoms with van der Waals surface area (Å²) in [6.45, 7) is -1.50. The summed E-state index contributed by atoms with van der Waals surface area (Å²) < 4.78 is 27.6. The van der Waals surface area contributed by atoms with Crippen molar-refractivity contribution < 1.29 is 129 Å². The van der Waals surface area contributed by atoms with Gasteiger partial charge in [0.25, 0.3) is 0 Å². The summed E-state index contributed by atoms with van der Waals surface area (Å²) in [5.74, 6) is -29.6. The van der Waals surface area contributed by atoms with Crippen molar-refractivity contribution in [2.24, 2.45) is 0 Å². The number of aliphatic hydroxyl groups is 1. The lowest BCUT2D eigenvalue weighted by Crippen LogP contribution is -2.56. The molecule has 26 nitrogen and oxygen atoms in total. The molecule has 0 aliphatic carbocycles. The predicted molar refractivity (Wildman–Crippen MR) is 207 cm³/mol. The zero-order valence-electron chi connectivity index (χ0n) is 32.7. The van der Waals surface area contributed by atoms with E-state index in [1.165, 1.54) is 0 Å². The zero-order chi connectivity index (χ0) is 49.0. The number of ether oxygens (including phenoxy) is 5. The lowest BCUT2D eigenvalue weighted by molar-refractivity contribution is -0.154. The monoisotopic (exact) mass is 936 g/mol. The standard InChI is InChI=1S/C41H28O26/c42-11-1-7(2-12(43)23(11)47)37(58)64-16-6-63-38(59)8-3-13(44)24(48)27(51)17(8)18-9(4-14(45)25(49)28(18)52)39(60)65-34(16)36-35-32(56)22-21(41(62)66-35)20(30(54)33(57)31(22)55)19-10(40(61)67-36)5-15(46)26(50)29(19)53/h1-5,16,32,34-36,42-57H,6H2/t16-,32+,34+,35-,36-/m0/s1. The number of cyclic esters (lactones) is 2. The van der Waals surface area contributed by atoms with Gasteiger partial charge >= 0.3 is 29.8 Å². The van der Waals surface area contributed by atoms with E-state index in [2.05, 4.69) is 0 Å². The summed E-state index contributed by atoms with van der Waals surface area (Å²) in [7, 11) is 0. The summed E-state index contributed by atoms with van der Waals surface area (Å²) in [6.07, 6.45) is -13.4. The molecule has 0 aromatic heterocycles. The summed E-state index contributed by atoms with van der Waals surface area (Å²) in [5.41, 5.74) is -11.0. The third-order valence-electron chi connectivity index (χ3n) is 10.9. The normalized spacial score (nSPS) is 19.9. The Morgan fingerprint density at radius 3 is 1.33 bits per heavy atom. The fourth-order valence-electron chi connectivity index (χ4n) is 7.72. The number of rotatable bonds is 3. The van der Waals surface area contributed by atoms with Gasteiger partial charge in [0.2, 0.25) is 23.0 Å². The van der Waals surface area contributed by atoms with Crippen molar-refractivity contribution in [1.29, 1.82) is 0 Å². The van der Waals surface area contributed by atoms with Crippen molar-refractivity contribution in [3.05, 3.63) is 63.7 Å². The lowest BCUT2D eigenvalue weighted by atomic mass is 9.82. The van der Waals surface area contributed by atoms with Crippen molar-refractivity contribution in [2.75, 3.05) is 6.61 Å². The highest BCUT2D eigenvalue weighted by Gasteiger charge is 2.54. The van der Waals surface area contributed by atoms with Crippen LogP contribution in [0, 0.1) is 0 Å². The molecule has 4 heterocycles. The highest BCUT2D eigenvalue weighted by molar-refractivity contribution is 6.11. The van der Waals surface area contributed by atoms with Crippen LogP contribution in [0.3, 0.4) is 0 Å². The average Bonchev–Trinajstić information content (AvgIpc) is 3.29. The lowest BCUT2D eigenvalue weighted by Gasteiger charge is -2.40. The maximum Gasteiger partial charge on any atom is 0.339 e. The molecule has 4 aliphatic heterocycles. The molecule has 5 aromatic rings. The molecule has 5 aromatic carbocycles. The molecule has 0 unspecified atom stereocenters. The van der Waals surface area contributed by atoms with Crippen molar-refractivity contribution in [3.8, 4) is 108 Å². The molecule has 4 bridgehead atoms. The number of aliphatic hydroxyl groups excluding tert-OH is 1. The summed E-state index contributed by atoms with van der Waals surface area (Å²) in [4.78, 5) is 70.9. The van der Waals surface area contributed by atoms with Gasteiger partial charge < -0.3 is 105 Å². The molecule has 0 saturated heterocycles. The van der Waals surface area contributed by atoms with Crippen LogP contribution in [0.4, 0.5) is 0 Å². The molecular formula is C41H28O26. The van der Waals surface area contributed by atoms with Crippen LogP contribution >= 0.6 is 0 Å². The van der Waals surface area contributed by atoms with E-state index in [0.717, 1.165) is 0 Å². The third kappa shape index (κ3) is 6.57. The highest BCUT2D eigenvalue weighted by Crippen LogP contribution is 2.58. The predicted octanol–water partition coefficient (Wildman–Crippen LogP) is 1.34. The summed E-state index contributed by atoms with van der Waals surface area (Å²) in [5, 5.41) is 172. The van der Waals surface area contributed by atoms with E-state index in [1.54, 1.807) is 0 Å². The number of hydrogen-bond donors (Lipinski definition) is 16. The van der Waals surface area contributed by atoms with Crippen molar-refractivity contribution in [1.82, 2.24) is 0 Å². The van der Waals surface area contributed by atoms with Gasteiger partial charge in [-0.05, 0) is 30.3 Å². The Morgan fingerprint density at radius 1 is 0.433 bits per heavy atom. The van der Waals surface area contributed by atoms with Crippen molar-refractivity contribution in [2.45, 2.75) is 30.5 Å². The van der Waals surface area contributed by atoms with Gasteiger partial charge in [-0.2, -0.15) is 0 Å². The van der Waals surface area contributed by atoms with Gasteiger partial charge in [-0.3, -0.25) is 0 Å². The molecule has 0 saturated carbocycles. The van der Waals surface area contributed by atoms with Gasteiger partial charge in [-0.1, -0.05) is 0 Å². The van der Waals surface area contributed by atoms with Crippen LogP contribution in [0.1, 0.15) is 63.5 Å². The SMILES string of the molecule is O=C(O[C@H]1COC(=O)c2cc(O)c(O)c(O)c2-c2c(cc(O)c(O)c2O)C(=O)O[C@H]1[C@@H]1OC(=O)c2cc(O)c(O)c(O)c2-c2c(O)c(O)c(O)c3c2C(=O)O[C@H]1[C@@H]3O)c1cc(O)c(O)c(O)c1. The van der Waals surface area contributed by atoms with E-state index >= 15 is 0 Å². The quantitative estimate of drug-likeness (QED) is 0.0689. The first-order valence-electron chi connectivity index (χ1n) is 18.6. The topological polar surface area (TPSA) is 455 Å². The minimum Gasteiger partial charge on any atom is -0.504 e. The smallest absolute Gasteiger partial charge is 0.339 e. The Morgan fingerprint density at radius 2 is 0.836 bits per heavy atom. The fourth-order valence-corrected chi connectivity index (χ4v) is 7.72. The summed E-state index contributed by atoms with van der Waals surface area (Å²) >= 11 is 0. The number of benzene rings is 5. The van der Waals surface area contributed by atoms with E-state index in [-0.39, 0.29) is 0 Å². The Labute approximate surface area is 368 Å². The number of carbonyl (C=O) groups excluding carboxylic acids is 5. The van der Waals surface area contributed by atoms with E-state index in [9.17, 15) is 106 Å². The second kappa shape index (κ2) is 15.3. The van der Waals surface area contributed by atoms with Gasteiger partial charge in [0, 0.05) is 27.8 Å².